The number of aromatic nitrogens is 1. The number of para-hydroxylation sites is 1. The monoisotopic (exact) mass is 318 g/mol. The first-order valence-corrected chi connectivity index (χ1v) is 7.24. The smallest absolute Gasteiger partial charge is 0.337 e. The molecule has 0 saturated carbocycles. The van der Waals surface area contributed by atoms with Crippen molar-refractivity contribution in [2.75, 3.05) is 5.43 Å². The molecule has 3 aromatic rings. The summed E-state index contributed by atoms with van der Waals surface area (Å²) in [6.07, 6.45) is 3.43. The molecule has 3 rings (SSSR count). The minimum absolute atomic E-state index is 0.144. The molecule has 0 aliphatic heterocycles. The van der Waals surface area contributed by atoms with Gasteiger partial charge >= 0.3 is 5.97 Å². The van der Waals surface area contributed by atoms with E-state index in [1.807, 2.05) is 35.7 Å². The molecule has 0 unspecified atom stereocenters. The number of carboxylic acids is 1. The highest BCUT2D eigenvalue weighted by Gasteiger charge is 2.13. The number of nitriles is 1. The van der Waals surface area contributed by atoms with Gasteiger partial charge in [0, 0.05) is 11.8 Å². The average Bonchev–Trinajstić information content (AvgIpc) is 2.86. The summed E-state index contributed by atoms with van der Waals surface area (Å²) in [4.78, 5) is 11.2. The van der Waals surface area contributed by atoms with E-state index >= 15 is 0 Å². The lowest BCUT2D eigenvalue weighted by molar-refractivity contribution is 0.0698. The third-order valence-electron chi connectivity index (χ3n) is 3.78. The summed E-state index contributed by atoms with van der Waals surface area (Å²) in [7, 11) is 0. The summed E-state index contributed by atoms with van der Waals surface area (Å²) >= 11 is 0. The number of aromatic carboxylic acids is 1. The van der Waals surface area contributed by atoms with Crippen molar-refractivity contribution in [3.05, 3.63) is 71.0 Å². The summed E-state index contributed by atoms with van der Waals surface area (Å²) < 4.78 is 1.81. The number of hydrogen-bond acceptors (Lipinski definition) is 4. The molecule has 0 saturated heterocycles. The number of hydrazone groups is 1. The van der Waals surface area contributed by atoms with Gasteiger partial charge in [-0.05, 0) is 36.8 Å². The molecule has 0 aliphatic carbocycles. The highest BCUT2D eigenvalue weighted by molar-refractivity contribution is 5.95. The fourth-order valence-corrected chi connectivity index (χ4v) is 2.59. The van der Waals surface area contributed by atoms with Gasteiger partial charge in [0.05, 0.1) is 23.0 Å². The van der Waals surface area contributed by atoms with Gasteiger partial charge in [-0.1, -0.05) is 18.2 Å². The molecule has 118 valence electrons. The van der Waals surface area contributed by atoms with Crippen LogP contribution in [0.15, 0.2) is 53.8 Å². The lowest BCUT2D eigenvalue weighted by atomic mass is 10.1. The lowest BCUT2D eigenvalue weighted by Gasteiger charge is -2.04. The van der Waals surface area contributed by atoms with Crippen LogP contribution in [0.5, 0.6) is 0 Å². The highest BCUT2D eigenvalue weighted by atomic mass is 16.4. The maximum absolute atomic E-state index is 11.2. The number of fused-ring (bicyclic) bond motifs is 1. The van der Waals surface area contributed by atoms with Crippen LogP contribution in [0.25, 0.3) is 5.52 Å². The third-order valence-corrected chi connectivity index (χ3v) is 3.78. The van der Waals surface area contributed by atoms with E-state index in [4.69, 9.17) is 0 Å². The molecule has 0 amide bonds. The first kappa shape index (κ1) is 15.3. The Hall–Kier alpha value is -3.59. The molecule has 2 heterocycles. The van der Waals surface area contributed by atoms with Gasteiger partial charge in [0.25, 0.3) is 0 Å². The number of anilines is 1. The summed E-state index contributed by atoms with van der Waals surface area (Å²) in [5.74, 6) is -1.02. The molecule has 24 heavy (non-hydrogen) atoms. The average molecular weight is 318 g/mol. The van der Waals surface area contributed by atoms with Crippen molar-refractivity contribution in [1.82, 2.24) is 4.40 Å². The van der Waals surface area contributed by atoms with Crippen molar-refractivity contribution < 1.29 is 9.90 Å². The van der Waals surface area contributed by atoms with Crippen molar-refractivity contribution in [3.63, 3.8) is 0 Å². The van der Waals surface area contributed by atoms with E-state index in [9.17, 15) is 15.2 Å². The number of carbonyl (C=O) groups is 1. The van der Waals surface area contributed by atoms with Gasteiger partial charge in [-0.25, -0.2) is 4.79 Å². The Labute approximate surface area is 138 Å². The Bertz CT molecular complexity index is 996. The van der Waals surface area contributed by atoms with E-state index in [2.05, 4.69) is 16.6 Å². The molecule has 0 spiro atoms. The lowest BCUT2D eigenvalue weighted by Crippen LogP contribution is -2.02. The SMILES string of the molecule is Cc1c(C=NNc2ccccc2C(=O)O)c2ccccn2c1C#N. The standard InChI is InChI=1S/C18H14N4O2/c1-12-14(16-8-4-5-9-22(16)17(12)10-19)11-20-21-15-7-3-2-6-13(15)18(23)24/h2-9,11,21H,1H3,(H,23,24). The van der Waals surface area contributed by atoms with Crippen LogP contribution in [-0.4, -0.2) is 21.7 Å². The number of rotatable bonds is 4. The Morgan fingerprint density at radius 1 is 1.29 bits per heavy atom. The minimum Gasteiger partial charge on any atom is -0.478 e. The second-order valence-corrected chi connectivity index (χ2v) is 5.18. The van der Waals surface area contributed by atoms with Crippen molar-refractivity contribution in [2.24, 2.45) is 5.10 Å². The predicted molar refractivity (Wildman–Crippen MR) is 91.5 cm³/mol. The quantitative estimate of drug-likeness (QED) is 0.570. The molecule has 0 aliphatic rings. The van der Waals surface area contributed by atoms with Crippen LogP contribution < -0.4 is 5.43 Å². The van der Waals surface area contributed by atoms with Crippen LogP contribution in [0, 0.1) is 18.3 Å². The number of carboxylic acid groups (broad SMARTS) is 1. The van der Waals surface area contributed by atoms with Crippen molar-refractivity contribution in [1.29, 1.82) is 5.26 Å². The molecular weight excluding hydrogens is 304 g/mol. The van der Waals surface area contributed by atoms with Gasteiger partial charge in [-0.15, -0.1) is 0 Å². The van der Waals surface area contributed by atoms with Gasteiger partial charge in [0.2, 0.25) is 0 Å². The zero-order valence-corrected chi connectivity index (χ0v) is 12.9. The Kier molecular flexibility index (Phi) is 4.00. The van der Waals surface area contributed by atoms with Crippen molar-refractivity contribution >= 4 is 23.4 Å². The van der Waals surface area contributed by atoms with E-state index in [0.717, 1.165) is 16.6 Å². The van der Waals surface area contributed by atoms with Crippen molar-refractivity contribution in [2.45, 2.75) is 6.92 Å². The van der Waals surface area contributed by atoms with Crippen LogP contribution >= 0.6 is 0 Å². The maximum atomic E-state index is 11.2. The molecule has 0 radical (unpaired) electrons. The van der Waals surface area contributed by atoms with Crippen LogP contribution in [0.1, 0.15) is 27.2 Å². The van der Waals surface area contributed by atoms with Gasteiger partial charge in [-0.3, -0.25) is 5.43 Å². The summed E-state index contributed by atoms with van der Waals surface area (Å²) in [5, 5.41) is 22.7. The second-order valence-electron chi connectivity index (χ2n) is 5.18. The van der Waals surface area contributed by atoms with Gasteiger partial charge in [0.15, 0.2) is 0 Å². The van der Waals surface area contributed by atoms with Gasteiger partial charge in [-0.2, -0.15) is 10.4 Å². The van der Waals surface area contributed by atoms with E-state index < -0.39 is 5.97 Å². The van der Waals surface area contributed by atoms with E-state index in [-0.39, 0.29) is 5.56 Å². The molecule has 2 aromatic heterocycles. The number of nitrogens with one attached hydrogen (secondary N) is 1. The Balaban J connectivity index is 1.97. The molecule has 0 bridgehead atoms. The minimum atomic E-state index is -1.02. The third kappa shape index (κ3) is 2.59. The van der Waals surface area contributed by atoms with Gasteiger partial charge in [0.1, 0.15) is 11.8 Å². The summed E-state index contributed by atoms with van der Waals surface area (Å²) in [5.41, 5.74) is 6.36. The molecule has 6 nitrogen and oxygen atoms in total. The van der Waals surface area contributed by atoms with E-state index in [1.54, 1.807) is 24.4 Å². The maximum Gasteiger partial charge on any atom is 0.337 e. The molecule has 0 atom stereocenters. The van der Waals surface area contributed by atoms with Crippen LogP contribution in [-0.2, 0) is 0 Å². The first-order valence-electron chi connectivity index (χ1n) is 7.24. The van der Waals surface area contributed by atoms with Crippen LogP contribution in [0.4, 0.5) is 5.69 Å². The molecule has 2 N–H and O–H groups in total. The molecule has 1 aromatic carbocycles. The van der Waals surface area contributed by atoms with Gasteiger partial charge < -0.3 is 9.51 Å². The number of hydrogen-bond donors (Lipinski definition) is 2. The molecular formula is C18H14N4O2. The fraction of sp³-hybridized carbons (Fsp3) is 0.0556. The highest BCUT2D eigenvalue weighted by Crippen LogP contribution is 2.21. The summed E-state index contributed by atoms with van der Waals surface area (Å²) in [6.45, 7) is 1.86. The van der Waals surface area contributed by atoms with E-state index in [1.165, 1.54) is 6.07 Å². The zero-order valence-electron chi connectivity index (χ0n) is 12.9. The molecule has 6 heteroatoms. The number of pyridine rings is 1. The first-order chi connectivity index (χ1) is 11.6. The van der Waals surface area contributed by atoms with Crippen LogP contribution in [0.2, 0.25) is 0 Å². The van der Waals surface area contributed by atoms with E-state index in [0.29, 0.717) is 11.4 Å². The normalized spacial score (nSPS) is 10.8. The fourth-order valence-electron chi connectivity index (χ4n) is 2.59. The topological polar surface area (TPSA) is 89.9 Å². The summed E-state index contributed by atoms with van der Waals surface area (Å²) in [6, 6.07) is 14.4. The Morgan fingerprint density at radius 3 is 2.79 bits per heavy atom. The predicted octanol–water partition coefficient (Wildman–Crippen LogP) is 3.26. The van der Waals surface area contributed by atoms with Crippen LogP contribution in [0.3, 0.4) is 0 Å². The van der Waals surface area contributed by atoms with Crippen molar-refractivity contribution in [3.8, 4) is 6.07 Å². The Morgan fingerprint density at radius 2 is 2.04 bits per heavy atom. The second kappa shape index (κ2) is 6.26. The largest absolute Gasteiger partial charge is 0.478 e. The zero-order chi connectivity index (χ0) is 17.1. The molecule has 0 fully saturated rings. The number of benzene rings is 1. The number of nitrogens with zero attached hydrogens (tertiary/aromatic N) is 3.